The summed E-state index contributed by atoms with van der Waals surface area (Å²) in [5.74, 6) is 1.05. The van der Waals surface area contributed by atoms with Crippen LogP contribution in [0.3, 0.4) is 0 Å². The topological polar surface area (TPSA) is 70.5 Å². The van der Waals surface area contributed by atoms with Gasteiger partial charge in [0.15, 0.2) is 0 Å². The molecule has 1 aliphatic heterocycles. The molecule has 8 heteroatoms. The maximum atomic E-state index is 12.6. The quantitative estimate of drug-likeness (QED) is 0.865. The third-order valence-corrected chi connectivity index (χ3v) is 4.78. The molecule has 134 valence electrons. The van der Waals surface area contributed by atoms with Crippen molar-refractivity contribution in [3.05, 3.63) is 12.4 Å². The number of carbonyl (C=O) groups excluding carboxylic acids is 2. The van der Waals surface area contributed by atoms with Crippen LogP contribution < -0.4 is 5.32 Å². The molecule has 1 aromatic heterocycles. The highest BCUT2D eigenvalue weighted by Crippen LogP contribution is 2.28. The van der Waals surface area contributed by atoms with Crippen molar-refractivity contribution in [1.82, 2.24) is 19.6 Å². The number of nitrogens with zero attached hydrogens (tertiary/aromatic N) is 4. The van der Waals surface area contributed by atoms with Gasteiger partial charge in [-0.1, -0.05) is 20.8 Å². The van der Waals surface area contributed by atoms with E-state index in [4.69, 9.17) is 0 Å². The van der Waals surface area contributed by atoms with Crippen LogP contribution in [0.15, 0.2) is 12.4 Å². The molecule has 0 radical (unpaired) electrons. The van der Waals surface area contributed by atoms with Gasteiger partial charge in [0.05, 0.1) is 24.3 Å². The first-order valence-electron chi connectivity index (χ1n) is 8.05. The van der Waals surface area contributed by atoms with Crippen LogP contribution in [0.25, 0.3) is 0 Å². The number of aromatic nitrogens is 2. The zero-order chi connectivity index (χ0) is 17.9. The van der Waals surface area contributed by atoms with E-state index in [0.717, 1.165) is 13.1 Å². The van der Waals surface area contributed by atoms with Gasteiger partial charge < -0.3 is 15.1 Å². The Hall–Kier alpha value is -1.54. The number of carbonyl (C=O) groups is 2. The number of hydrogen-bond donors (Lipinski definition) is 1. The van der Waals surface area contributed by atoms with Crippen LogP contribution in [0.1, 0.15) is 20.8 Å². The van der Waals surface area contributed by atoms with Crippen molar-refractivity contribution in [1.29, 1.82) is 0 Å². The van der Waals surface area contributed by atoms with Crippen LogP contribution in [-0.2, 0) is 16.1 Å². The lowest BCUT2D eigenvalue weighted by molar-refractivity contribution is -0.143. The number of rotatable bonds is 5. The summed E-state index contributed by atoms with van der Waals surface area (Å²) in [5, 5.41) is 7.14. The van der Waals surface area contributed by atoms with Crippen molar-refractivity contribution in [2.24, 2.45) is 5.41 Å². The summed E-state index contributed by atoms with van der Waals surface area (Å²) in [6.07, 6.45) is 3.46. The zero-order valence-corrected chi connectivity index (χ0v) is 15.9. The van der Waals surface area contributed by atoms with Crippen LogP contribution >= 0.6 is 11.8 Å². The van der Waals surface area contributed by atoms with Gasteiger partial charge in [-0.05, 0) is 14.1 Å². The van der Waals surface area contributed by atoms with Crippen molar-refractivity contribution in [3.8, 4) is 0 Å². The van der Waals surface area contributed by atoms with Gasteiger partial charge >= 0.3 is 0 Å². The summed E-state index contributed by atoms with van der Waals surface area (Å²) in [6.45, 7) is 7.27. The van der Waals surface area contributed by atoms with E-state index < -0.39 is 11.5 Å². The van der Waals surface area contributed by atoms with Crippen LogP contribution in [0.2, 0.25) is 0 Å². The molecule has 0 aliphatic carbocycles. The van der Waals surface area contributed by atoms with E-state index in [0.29, 0.717) is 17.3 Å². The average Bonchev–Trinajstić information content (AvgIpc) is 3.12. The molecule has 7 nitrogen and oxygen atoms in total. The standard InChI is InChI=1S/C16H27N5O2S/c1-16(2,3)15(23)21-11-24-10-13(21)14(22)18-12-8-17-20(9-12)7-6-19(4)5/h8-9,13H,6-7,10-11H2,1-5H3,(H,18,22). The Morgan fingerprint density at radius 3 is 2.75 bits per heavy atom. The van der Waals surface area contributed by atoms with Crippen molar-refractivity contribution in [3.63, 3.8) is 0 Å². The molecule has 2 heterocycles. The highest BCUT2D eigenvalue weighted by atomic mass is 32.2. The summed E-state index contributed by atoms with van der Waals surface area (Å²) < 4.78 is 1.80. The van der Waals surface area contributed by atoms with Gasteiger partial charge in [-0.25, -0.2) is 0 Å². The Kier molecular flexibility index (Phi) is 5.92. The first-order chi connectivity index (χ1) is 11.2. The molecule has 1 fully saturated rings. The first-order valence-corrected chi connectivity index (χ1v) is 9.21. The molecule has 1 atom stereocenters. The maximum absolute atomic E-state index is 12.6. The van der Waals surface area contributed by atoms with E-state index in [1.54, 1.807) is 27.5 Å². The van der Waals surface area contributed by atoms with E-state index in [2.05, 4.69) is 15.3 Å². The number of thioether (sulfide) groups is 1. The highest BCUT2D eigenvalue weighted by Gasteiger charge is 2.39. The van der Waals surface area contributed by atoms with Gasteiger partial charge in [-0.2, -0.15) is 5.10 Å². The lowest BCUT2D eigenvalue weighted by atomic mass is 9.94. The zero-order valence-electron chi connectivity index (χ0n) is 15.1. The Morgan fingerprint density at radius 2 is 2.12 bits per heavy atom. The average molecular weight is 353 g/mol. The summed E-state index contributed by atoms with van der Waals surface area (Å²) in [7, 11) is 4.01. The smallest absolute Gasteiger partial charge is 0.248 e. The van der Waals surface area contributed by atoms with Gasteiger partial charge in [0.1, 0.15) is 6.04 Å². The van der Waals surface area contributed by atoms with Crippen LogP contribution in [0, 0.1) is 5.41 Å². The molecule has 1 unspecified atom stereocenters. The number of anilines is 1. The fourth-order valence-electron chi connectivity index (χ4n) is 2.37. The molecule has 1 saturated heterocycles. The Bertz CT molecular complexity index is 594. The van der Waals surface area contributed by atoms with E-state index in [1.807, 2.05) is 41.1 Å². The monoisotopic (exact) mass is 353 g/mol. The Balaban J connectivity index is 1.97. The summed E-state index contributed by atoms with van der Waals surface area (Å²) in [4.78, 5) is 28.8. The summed E-state index contributed by atoms with van der Waals surface area (Å²) >= 11 is 1.61. The molecule has 0 spiro atoms. The second-order valence-corrected chi connectivity index (χ2v) is 8.33. The van der Waals surface area contributed by atoms with Crippen LogP contribution in [0.5, 0.6) is 0 Å². The number of likely N-dealkylation sites (N-methyl/N-ethyl adjacent to an activating group) is 1. The summed E-state index contributed by atoms with van der Waals surface area (Å²) in [6, 6.07) is -0.424. The molecule has 0 saturated carbocycles. The second kappa shape index (κ2) is 7.57. The molecule has 1 N–H and O–H groups in total. The van der Waals surface area contributed by atoms with Gasteiger partial charge in [0.2, 0.25) is 11.8 Å². The lowest BCUT2D eigenvalue weighted by Gasteiger charge is -2.29. The van der Waals surface area contributed by atoms with Gasteiger partial charge in [-0.15, -0.1) is 11.8 Å². The molecule has 2 amide bonds. The molecule has 1 aliphatic rings. The molecule has 2 rings (SSSR count). The van der Waals surface area contributed by atoms with Crippen LogP contribution in [-0.4, -0.2) is 69.7 Å². The molecule has 1 aromatic rings. The number of nitrogens with one attached hydrogen (secondary N) is 1. The minimum atomic E-state index is -0.486. The normalized spacial score (nSPS) is 18.2. The van der Waals surface area contributed by atoms with E-state index in [-0.39, 0.29) is 11.8 Å². The van der Waals surface area contributed by atoms with Crippen molar-refractivity contribution in [2.75, 3.05) is 37.6 Å². The third kappa shape index (κ3) is 4.73. The molecular weight excluding hydrogens is 326 g/mol. The Labute approximate surface area is 147 Å². The predicted molar refractivity (Wildman–Crippen MR) is 96.8 cm³/mol. The van der Waals surface area contributed by atoms with Gasteiger partial charge in [0, 0.05) is 23.9 Å². The largest absolute Gasteiger partial charge is 0.322 e. The SMILES string of the molecule is CN(C)CCn1cc(NC(=O)C2CSCN2C(=O)C(C)(C)C)cn1. The van der Waals surface area contributed by atoms with Gasteiger partial charge in [0.25, 0.3) is 0 Å². The minimum Gasteiger partial charge on any atom is -0.322 e. The maximum Gasteiger partial charge on any atom is 0.248 e. The minimum absolute atomic E-state index is 0.00864. The van der Waals surface area contributed by atoms with Crippen molar-refractivity contribution in [2.45, 2.75) is 33.4 Å². The fourth-order valence-corrected chi connectivity index (χ4v) is 3.52. The van der Waals surface area contributed by atoms with E-state index >= 15 is 0 Å². The van der Waals surface area contributed by atoms with Gasteiger partial charge in [-0.3, -0.25) is 14.3 Å². The molecular formula is C16H27N5O2S. The number of hydrogen-bond acceptors (Lipinski definition) is 5. The Morgan fingerprint density at radius 1 is 1.42 bits per heavy atom. The highest BCUT2D eigenvalue weighted by molar-refractivity contribution is 7.99. The molecule has 24 heavy (non-hydrogen) atoms. The molecule has 0 bridgehead atoms. The van der Waals surface area contributed by atoms with E-state index in [9.17, 15) is 9.59 Å². The fraction of sp³-hybridized carbons (Fsp3) is 0.688. The molecule has 0 aromatic carbocycles. The van der Waals surface area contributed by atoms with E-state index in [1.165, 1.54) is 0 Å². The van der Waals surface area contributed by atoms with Crippen LogP contribution in [0.4, 0.5) is 5.69 Å². The third-order valence-electron chi connectivity index (χ3n) is 3.76. The predicted octanol–water partition coefficient (Wildman–Crippen LogP) is 1.33. The second-order valence-electron chi connectivity index (χ2n) is 7.33. The summed E-state index contributed by atoms with van der Waals surface area (Å²) in [5.41, 5.74) is 0.180. The number of amides is 2. The lowest BCUT2D eigenvalue weighted by Crippen LogP contribution is -2.48. The first kappa shape index (κ1) is 18.8. The van der Waals surface area contributed by atoms with Crippen molar-refractivity contribution < 1.29 is 9.59 Å². The van der Waals surface area contributed by atoms with Crippen molar-refractivity contribution >= 4 is 29.3 Å².